The van der Waals surface area contributed by atoms with Crippen LogP contribution in [-0.4, -0.2) is 60.1 Å². The molecule has 2 aliphatic carbocycles. The summed E-state index contributed by atoms with van der Waals surface area (Å²) in [7, 11) is -8.85. The van der Waals surface area contributed by atoms with E-state index in [4.69, 9.17) is 4.74 Å². The van der Waals surface area contributed by atoms with Crippen LogP contribution in [0.15, 0.2) is 0 Å². The maximum atomic E-state index is 11.5. The molecule has 0 aromatic rings. The average molecular weight is 414 g/mol. The highest BCUT2D eigenvalue weighted by atomic mass is 32.2. The third-order valence-corrected chi connectivity index (χ3v) is 7.92. The molecule has 12 heteroatoms. The van der Waals surface area contributed by atoms with E-state index >= 15 is 0 Å². The molecule has 0 spiro atoms. The molecule has 6 atom stereocenters. The van der Waals surface area contributed by atoms with Crippen molar-refractivity contribution in [1.82, 2.24) is 0 Å². The van der Waals surface area contributed by atoms with Gasteiger partial charge >= 0.3 is 5.97 Å². The zero-order valence-electron chi connectivity index (χ0n) is 13.8. The molecular formula is C14H22O10S2. The van der Waals surface area contributed by atoms with Crippen LogP contribution in [0.5, 0.6) is 0 Å². The second kappa shape index (κ2) is 7.79. The summed E-state index contributed by atoms with van der Waals surface area (Å²) in [6, 6.07) is 0. The number of ether oxygens (including phenoxy) is 1. The van der Waals surface area contributed by atoms with Crippen LogP contribution < -0.4 is 0 Å². The predicted octanol–water partition coefficient (Wildman–Crippen LogP) is 0.342. The molecule has 0 bridgehead atoms. The van der Waals surface area contributed by atoms with Gasteiger partial charge in [-0.3, -0.25) is 18.7 Å². The Morgan fingerprint density at radius 1 is 0.846 bits per heavy atom. The first-order valence-electron chi connectivity index (χ1n) is 8.16. The van der Waals surface area contributed by atoms with Crippen LogP contribution in [-0.2, 0) is 34.6 Å². The van der Waals surface area contributed by atoms with Crippen LogP contribution in [0.3, 0.4) is 0 Å². The predicted molar refractivity (Wildman–Crippen MR) is 87.4 cm³/mol. The first-order valence-corrected chi connectivity index (χ1v) is 11.2. The van der Waals surface area contributed by atoms with Gasteiger partial charge in [0.2, 0.25) is 0 Å². The molecule has 0 saturated heterocycles. The molecule has 0 aromatic heterocycles. The molecule has 6 unspecified atom stereocenters. The van der Waals surface area contributed by atoms with Gasteiger partial charge in [0.1, 0.15) is 6.10 Å². The van der Waals surface area contributed by atoms with Crippen molar-refractivity contribution < 1.29 is 45.4 Å². The lowest BCUT2D eigenvalue weighted by atomic mass is 9.69. The van der Waals surface area contributed by atoms with Crippen molar-refractivity contribution in [3.05, 3.63) is 0 Å². The van der Waals surface area contributed by atoms with Crippen LogP contribution in [0.25, 0.3) is 0 Å². The molecule has 3 N–H and O–H groups in total. The van der Waals surface area contributed by atoms with E-state index in [-0.39, 0.29) is 45.0 Å². The molecule has 0 aliphatic heterocycles. The normalized spacial score (nSPS) is 36.2. The Balaban J connectivity index is 2.26. The molecular weight excluding hydrogens is 392 g/mol. The van der Waals surface area contributed by atoms with Crippen molar-refractivity contribution in [2.75, 3.05) is 0 Å². The summed E-state index contributed by atoms with van der Waals surface area (Å²) < 4.78 is 69.7. The Hall–Kier alpha value is -1.24. The standard InChI is InChI=1S/C14H22O10S2/c15-7-24-11-2-9(4-13(6-11)26(21,22)23)8-1-10(14(16)17)5-12(3-8)25(18,19)20/h7-13H,1-6H2,(H,16,17)(H,18,19,20)(H,21,22,23). The number of carboxylic acids is 1. The van der Waals surface area contributed by atoms with E-state index in [1.54, 1.807) is 0 Å². The zero-order valence-corrected chi connectivity index (χ0v) is 15.4. The number of rotatable bonds is 6. The van der Waals surface area contributed by atoms with Gasteiger partial charge in [0, 0.05) is 6.42 Å². The fraction of sp³-hybridized carbons (Fsp3) is 0.857. The van der Waals surface area contributed by atoms with Gasteiger partial charge in [-0.2, -0.15) is 16.8 Å². The zero-order chi connectivity index (χ0) is 19.7. The monoisotopic (exact) mass is 414 g/mol. The number of carboxylic acid groups (broad SMARTS) is 1. The Kier molecular flexibility index (Phi) is 6.31. The molecule has 2 fully saturated rings. The maximum absolute atomic E-state index is 11.5. The highest BCUT2D eigenvalue weighted by molar-refractivity contribution is 7.86. The minimum atomic E-state index is -4.45. The van der Waals surface area contributed by atoms with Crippen molar-refractivity contribution in [3.8, 4) is 0 Å². The van der Waals surface area contributed by atoms with Crippen molar-refractivity contribution in [1.29, 1.82) is 0 Å². The molecule has 2 saturated carbocycles. The maximum Gasteiger partial charge on any atom is 0.306 e. The fourth-order valence-corrected chi connectivity index (χ4v) is 6.13. The fourth-order valence-electron chi connectivity index (χ4n) is 4.21. The minimum absolute atomic E-state index is 0.00670. The van der Waals surface area contributed by atoms with Gasteiger partial charge < -0.3 is 9.84 Å². The summed E-state index contributed by atoms with van der Waals surface area (Å²) in [5.41, 5.74) is 0. The van der Waals surface area contributed by atoms with Crippen molar-refractivity contribution >= 4 is 32.7 Å². The van der Waals surface area contributed by atoms with Gasteiger partial charge in [-0.25, -0.2) is 0 Å². The van der Waals surface area contributed by atoms with Crippen LogP contribution >= 0.6 is 0 Å². The molecule has 0 aromatic carbocycles. The lowest BCUT2D eigenvalue weighted by Gasteiger charge is -2.41. The summed E-state index contributed by atoms with van der Waals surface area (Å²) in [6.07, 6.45) is -0.713. The van der Waals surface area contributed by atoms with E-state index in [0.29, 0.717) is 0 Å². The second-order valence-corrected chi connectivity index (χ2v) is 10.5. The minimum Gasteiger partial charge on any atom is -0.481 e. The molecule has 2 rings (SSSR count). The number of carbonyl (C=O) groups is 2. The summed E-state index contributed by atoms with van der Waals surface area (Å²) in [5.74, 6) is -3.14. The van der Waals surface area contributed by atoms with Gasteiger partial charge in [0.25, 0.3) is 26.7 Å². The number of hydrogen-bond acceptors (Lipinski definition) is 7. The van der Waals surface area contributed by atoms with E-state index in [0.717, 1.165) is 0 Å². The van der Waals surface area contributed by atoms with Gasteiger partial charge in [-0.05, 0) is 43.9 Å². The molecule has 0 heterocycles. The summed E-state index contributed by atoms with van der Waals surface area (Å²) in [4.78, 5) is 22.0. The highest BCUT2D eigenvalue weighted by Crippen LogP contribution is 2.43. The number of carbonyl (C=O) groups excluding carboxylic acids is 1. The SMILES string of the molecule is O=COC1CC(C2CC(C(=O)O)CC(S(=O)(=O)O)C2)CC(S(=O)(=O)O)C1. The summed E-state index contributed by atoms with van der Waals surface area (Å²) in [5, 5.41) is 6.84. The Morgan fingerprint density at radius 3 is 1.81 bits per heavy atom. The molecule has 2 aliphatic rings. The summed E-state index contributed by atoms with van der Waals surface area (Å²) >= 11 is 0. The van der Waals surface area contributed by atoms with Gasteiger partial charge in [-0.1, -0.05) is 0 Å². The Morgan fingerprint density at radius 2 is 1.35 bits per heavy atom. The number of hydrogen-bond donors (Lipinski definition) is 3. The van der Waals surface area contributed by atoms with E-state index in [1.807, 2.05) is 0 Å². The molecule has 26 heavy (non-hydrogen) atoms. The average Bonchev–Trinajstić information content (AvgIpc) is 2.52. The number of aliphatic carboxylic acids is 1. The third-order valence-electron chi connectivity index (χ3n) is 5.46. The molecule has 10 nitrogen and oxygen atoms in total. The first kappa shape index (κ1) is 21.1. The van der Waals surface area contributed by atoms with Crippen molar-refractivity contribution in [2.24, 2.45) is 17.8 Å². The smallest absolute Gasteiger partial charge is 0.306 e. The molecule has 0 amide bonds. The second-order valence-electron chi connectivity index (χ2n) is 7.10. The van der Waals surface area contributed by atoms with Crippen molar-refractivity contribution in [3.63, 3.8) is 0 Å². The largest absolute Gasteiger partial charge is 0.481 e. The van der Waals surface area contributed by atoms with Crippen LogP contribution in [0.1, 0.15) is 38.5 Å². The van der Waals surface area contributed by atoms with Crippen LogP contribution in [0, 0.1) is 17.8 Å². The summed E-state index contributed by atoms with van der Waals surface area (Å²) in [6.45, 7) is 0.177. The quantitative estimate of drug-likeness (QED) is 0.406. The van der Waals surface area contributed by atoms with E-state index in [1.165, 1.54) is 0 Å². The Labute approximate surface area is 151 Å². The Bertz CT molecular complexity index is 744. The van der Waals surface area contributed by atoms with Crippen LogP contribution in [0.4, 0.5) is 0 Å². The van der Waals surface area contributed by atoms with Crippen LogP contribution in [0.2, 0.25) is 0 Å². The third kappa shape index (κ3) is 5.15. The van der Waals surface area contributed by atoms with E-state index in [2.05, 4.69) is 0 Å². The van der Waals surface area contributed by atoms with Crippen molar-refractivity contribution in [2.45, 2.75) is 55.1 Å². The van der Waals surface area contributed by atoms with Gasteiger partial charge in [0.15, 0.2) is 0 Å². The van der Waals surface area contributed by atoms with E-state index in [9.17, 15) is 40.6 Å². The lowest BCUT2D eigenvalue weighted by molar-refractivity contribution is -0.143. The lowest BCUT2D eigenvalue weighted by Crippen LogP contribution is -2.43. The van der Waals surface area contributed by atoms with Gasteiger partial charge in [0.05, 0.1) is 16.4 Å². The molecule has 0 radical (unpaired) electrons. The molecule has 150 valence electrons. The van der Waals surface area contributed by atoms with E-state index < -0.39 is 60.6 Å². The first-order chi connectivity index (χ1) is 11.9. The highest BCUT2D eigenvalue weighted by Gasteiger charge is 2.45. The van der Waals surface area contributed by atoms with Gasteiger partial charge in [-0.15, -0.1) is 0 Å². The topological polar surface area (TPSA) is 172 Å².